The van der Waals surface area contributed by atoms with E-state index in [1.54, 1.807) is 0 Å². The summed E-state index contributed by atoms with van der Waals surface area (Å²) in [7, 11) is 0. The van der Waals surface area contributed by atoms with Gasteiger partial charge in [-0.25, -0.2) is 0 Å². The molecule has 24 heavy (non-hydrogen) atoms. The van der Waals surface area contributed by atoms with Crippen LogP contribution in [0.4, 0.5) is 0 Å². The highest BCUT2D eigenvalue weighted by atomic mass is 35.5. The summed E-state index contributed by atoms with van der Waals surface area (Å²) in [4.78, 5) is 5.07. The molecule has 0 unspecified atom stereocenters. The molecule has 0 saturated heterocycles. The van der Waals surface area contributed by atoms with Crippen LogP contribution in [-0.2, 0) is 4.84 Å². The lowest BCUT2D eigenvalue weighted by Gasteiger charge is -2.14. The summed E-state index contributed by atoms with van der Waals surface area (Å²) >= 11 is 29.5. The third-order valence-corrected chi connectivity index (χ3v) is 3.86. The first-order chi connectivity index (χ1) is 11.3. The molecule has 0 aliphatic rings. The maximum absolute atomic E-state index is 6.18. The van der Waals surface area contributed by atoms with Gasteiger partial charge in [-0.05, 0) is 19.9 Å². The highest BCUT2D eigenvalue weighted by Crippen LogP contribution is 2.44. The zero-order valence-corrected chi connectivity index (χ0v) is 16.8. The van der Waals surface area contributed by atoms with Crippen LogP contribution in [0.25, 0.3) is 0 Å². The van der Waals surface area contributed by atoms with Crippen molar-refractivity contribution in [3.63, 3.8) is 0 Å². The van der Waals surface area contributed by atoms with Crippen LogP contribution in [0.5, 0.6) is 11.5 Å². The summed E-state index contributed by atoms with van der Waals surface area (Å²) in [6.07, 6.45) is 2.07. The van der Waals surface area contributed by atoms with E-state index >= 15 is 0 Å². The number of hydrogen-bond acceptors (Lipinski definition) is 4. The number of oxime groups is 1. The molecule has 0 bridgehead atoms. The molecule has 1 rings (SSSR count). The van der Waals surface area contributed by atoms with Gasteiger partial charge in [-0.3, -0.25) is 0 Å². The van der Waals surface area contributed by atoms with Gasteiger partial charge >= 0.3 is 0 Å². The summed E-state index contributed by atoms with van der Waals surface area (Å²) in [5, 5.41) is 4.46. The van der Waals surface area contributed by atoms with Crippen LogP contribution in [-0.4, -0.2) is 25.5 Å². The molecule has 0 aromatic heterocycles. The summed E-state index contributed by atoms with van der Waals surface area (Å²) < 4.78 is 11.1. The Bertz CT molecular complexity index is 612. The van der Waals surface area contributed by atoms with Crippen molar-refractivity contribution in [2.45, 2.75) is 20.3 Å². The van der Waals surface area contributed by atoms with E-state index in [1.165, 1.54) is 12.1 Å². The Morgan fingerprint density at radius 2 is 1.79 bits per heavy atom. The molecule has 0 atom stereocenters. The maximum atomic E-state index is 6.18. The standard InChI is InChI=1S/C15H16Cl5NO3/c1-9(2)21-24-6-3-5-23-15-10(16)8-11(13(19)14(15)20)22-7-4-12(17)18/h4,8H,3,5-7H2,1-2H3. The highest BCUT2D eigenvalue weighted by Gasteiger charge is 2.17. The van der Waals surface area contributed by atoms with Gasteiger partial charge in [0.1, 0.15) is 33.5 Å². The molecule has 0 spiro atoms. The van der Waals surface area contributed by atoms with Crippen LogP contribution in [0, 0.1) is 0 Å². The molecule has 0 fully saturated rings. The van der Waals surface area contributed by atoms with E-state index < -0.39 is 0 Å². The van der Waals surface area contributed by atoms with Gasteiger partial charge in [0.25, 0.3) is 0 Å². The summed E-state index contributed by atoms with van der Waals surface area (Å²) in [5.41, 5.74) is 0.842. The molecule has 1 aromatic rings. The van der Waals surface area contributed by atoms with E-state index in [0.29, 0.717) is 25.4 Å². The second-order valence-corrected chi connectivity index (χ2v) is 6.86. The average Bonchev–Trinajstić information content (AvgIpc) is 2.50. The van der Waals surface area contributed by atoms with E-state index in [9.17, 15) is 0 Å². The molecule has 9 heteroatoms. The minimum absolute atomic E-state index is 0.0908. The first-order valence-electron chi connectivity index (χ1n) is 6.90. The van der Waals surface area contributed by atoms with Crippen molar-refractivity contribution in [1.29, 1.82) is 0 Å². The lowest BCUT2D eigenvalue weighted by molar-refractivity contribution is 0.127. The maximum Gasteiger partial charge on any atom is 0.158 e. The van der Waals surface area contributed by atoms with E-state index in [2.05, 4.69) is 5.16 Å². The minimum atomic E-state index is 0.0908. The van der Waals surface area contributed by atoms with Gasteiger partial charge in [0, 0.05) is 12.5 Å². The lowest BCUT2D eigenvalue weighted by Crippen LogP contribution is -2.03. The van der Waals surface area contributed by atoms with E-state index in [1.807, 2.05) is 13.8 Å². The van der Waals surface area contributed by atoms with Crippen LogP contribution >= 0.6 is 58.0 Å². The van der Waals surface area contributed by atoms with Gasteiger partial charge in [0.05, 0.1) is 17.3 Å². The lowest BCUT2D eigenvalue weighted by atomic mass is 10.3. The second-order valence-electron chi connectivity index (χ2n) is 4.69. The molecule has 134 valence electrons. The van der Waals surface area contributed by atoms with Crippen molar-refractivity contribution in [1.82, 2.24) is 0 Å². The number of halogens is 5. The Hall–Kier alpha value is -0.520. The largest absolute Gasteiger partial charge is 0.490 e. The van der Waals surface area contributed by atoms with Crippen molar-refractivity contribution in [2.24, 2.45) is 5.16 Å². The fourth-order valence-corrected chi connectivity index (χ4v) is 2.33. The quantitative estimate of drug-likeness (QED) is 0.192. The molecule has 0 N–H and O–H groups in total. The summed E-state index contributed by atoms with van der Waals surface area (Å²) in [6, 6.07) is 1.52. The molecule has 1 aromatic carbocycles. The molecule has 0 aliphatic carbocycles. The number of benzene rings is 1. The predicted molar refractivity (Wildman–Crippen MR) is 102 cm³/mol. The summed E-state index contributed by atoms with van der Waals surface area (Å²) in [5.74, 6) is 0.595. The van der Waals surface area contributed by atoms with Crippen molar-refractivity contribution in [3.05, 3.63) is 31.7 Å². The van der Waals surface area contributed by atoms with Crippen molar-refractivity contribution in [3.8, 4) is 11.5 Å². The first kappa shape index (κ1) is 21.5. The molecule has 0 saturated carbocycles. The summed E-state index contributed by atoms with van der Waals surface area (Å²) in [6.45, 7) is 4.58. The highest BCUT2D eigenvalue weighted by molar-refractivity contribution is 6.55. The Morgan fingerprint density at radius 3 is 2.42 bits per heavy atom. The average molecular weight is 436 g/mol. The van der Waals surface area contributed by atoms with E-state index in [0.717, 1.165) is 5.71 Å². The fourth-order valence-electron chi connectivity index (χ4n) is 1.46. The molecule has 0 heterocycles. The van der Waals surface area contributed by atoms with Gasteiger partial charge in [-0.15, -0.1) is 0 Å². The van der Waals surface area contributed by atoms with Crippen LogP contribution in [0.3, 0.4) is 0 Å². The minimum Gasteiger partial charge on any atom is -0.490 e. The molecule has 4 nitrogen and oxygen atoms in total. The van der Waals surface area contributed by atoms with Crippen molar-refractivity contribution < 1.29 is 14.3 Å². The Morgan fingerprint density at radius 1 is 1.08 bits per heavy atom. The SMILES string of the molecule is CC(C)=NOCCCOc1c(Cl)cc(OCC=C(Cl)Cl)c(Cl)c1Cl. The number of ether oxygens (including phenoxy) is 2. The van der Waals surface area contributed by atoms with Crippen LogP contribution < -0.4 is 9.47 Å². The number of nitrogens with zero attached hydrogens (tertiary/aromatic N) is 1. The van der Waals surface area contributed by atoms with E-state index in [-0.39, 0.29) is 31.9 Å². The molecular formula is C15H16Cl5NO3. The van der Waals surface area contributed by atoms with Crippen molar-refractivity contribution >= 4 is 63.7 Å². The van der Waals surface area contributed by atoms with Crippen LogP contribution in [0.15, 0.2) is 21.8 Å². The monoisotopic (exact) mass is 433 g/mol. The molecule has 0 aliphatic heterocycles. The topological polar surface area (TPSA) is 40.0 Å². The number of hydrogen-bond donors (Lipinski definition) is 0. The zero-order valence-electron chi connectivity index (χ0n) is 13.0. The van der Waals surface area contributed by atoms with Gasteiger partial charge < -0.3 is 14.3 Å². The third kappa shape index (κ3) is 7.58. The van der Waals surface area contributed by atoms with Crippen LogP contribution in [0.2, 0.25) is 15.1 Å². The van der Waals surface area contributed by atoms with E-state index in [4.69, 9.17) is 72.3 Å². The molecule has 0 amide bonds. The van der Waals surface area contributed by atoms with Gasteiger partial charge in [0.15, 0.2) is 5.75 Å². The number of rotatable bonds is 9. The Kier molecular flexibility index (Phi) is 10.0. The zero-order chi connectivity index (χ0) is 18.1. The predicted octanol–water partition coefficient (Wildman–Crippen LogP) is 6.53. The van der Waals surface area contributed by atoms with Gasteiger partial charge in [0.2, 0.25) is 0 Å². The normalized spacial score (nSPS) is 10.1. The van der Waals surface area contributed by atoms with Crippen LogP contribution in [0.1, 0.15) is 20.3 Å². The van der Waals surface area contributed by atoms with Gasteiger partial charge in [-0.2, -0.15) is 0 Å². The fraction of sp³-hybridized carbons (Fsp3) is 0.400. The third-order valence-electron chi connectivity index (χ3n) is 2.43. The smallest absolute Gasteiger partial charge is 0.158 e. The first-order valence-corrected chi connectivity index (χ1v) is 8.79. The molecule has 0 radical (unpaired) electrons. The van der Waals surface area contributed by atoms with Crippen molar-refractivity contribution in [2.75, 3.05) is 19.8 Å². The Balaban J connectivity index is 2.64. The van der Waals surface area contributed by atoms with Gasteiger partial charge in [-0.1, -0.05) is 63.2 Å². The molecular weight excluding hydrogens is 419 g/mol. The Labute approximate surface area is 166 Å². The second kappa shape index (κ2) is 11.2.